The van der Waals surface area contributed by atoms with E-state index in [1.807, 2.05) is 31.2 Å². The Hall–Kier alpha value is -1.84. The molecule has 0 aromatic heterocycles. The van der Waals surface area contributed by atoms with Gasteiger partial charge in [0.25, 0.3) is 0 Å². The summed E-state index contributed by atoms with van der Waals surface area (Å²) >= 11 is 0. The van der Waals surface area contributed by atoms with Crippen LogP contribution in [0.5, 0.6) is 0 Å². The molecule has 1 rings (SSSR count). The normalized spacial score (nSPS) is 10.2. The van der Waals surface area contributed by atoms with Crippen LogP contribution in [0.15, 0.2) is 29.4 Å². The molecular weight excluding hydrogens is 168 g/mol. The number of hydrogen-bond acceptors (Lipinski definition) is 3. The van der Waals surface area contributed by atoms with Crippen LogP contribution < -0.4 is 5.43 Å². The lowest BCUT2D eigenvalue weighted by molar-refractivity contribution is -0.128. The minimum Gasteiger partial charge on any atom is -0.477 e. The van der Waals surface area contributed by atoms with Gasteiger partial charge in [-0.1, -0.05) is 12.1 Å². The van der Waals surface area contributed by atoms with Crippen LogP contribution in [0.25, 0.3) is 0 Å². The molecule has 1 aromatic rings. The molecule has 0 spiro atoms. The highest BCUT2D eigenvalue weighted by Gasteiger charge is 1.89. The molecule has 68 valence electrons. The molecule has 4 heteroatoms. The summed E-state index contributed by atoms with van der Waals surface area (Å²) in [5.74, 6) is -1.07. The van der Waals surface area contributed by atoms with E-state index in [4.69, 9.17) is 5.11 Å². The number of carbonyl (C=O) groups is 1. The van der Waals surface area contributed by atoms with E-state index in [0.29, 0.717) is 0 Å². The maximum atomic E-state index is 10.1. The van der Waals surface area contributed by atoms with Crippen molar-refractivity contribution in [1.82, 2.24) is 0 Å². The zero-order chi connectivity index (χ0) is 9.68. The van der Waals surface area contributed by atoms with Crippen LogP contribution in [0.4, 0.5) is 5.69 Å². The van der Waals surface area contributed by atoms with Crippen molar-refractivity contribution in [3.8, 4) is 0 Å². The molecule has 0 atom stereocenters. The Morgan fingerprint density at radius 1 is 1.62 bits per heavy atom. The molecule has 13 heavy (non-hydrogen) atoms. The van der Waals surface area contributed by atoms with Crippen molar-refractivity contribution >= 4 is 17.9 Å². The van der Waals surface area contributed by atoms with Crippen molar-refractivity contribution < 1.29 is 9.90 Å². The Kier molecular flexibility index (Phi) is 3.03. The number of aryl methyl sites for hydroxylation is 1. The van der Waals surface area contributed by atoms with Crippen molar-refractivity contribution in [3.63, 3.8) is 0 Å². The first-order valence-electron chi connectivity index (χ1n) is 3.77. The van der Waals surface area contributed by atoms with Gasteiger partial charge in [-0.25, -0.2) is 4.79 Å². The SMILES string of the molecule is Cc1cccc(NN=CC(=O)O)c1. The van der Waals surface area contributed by atoms with Gasteiger partial charge in [0.1, 0.15) is 6.21 Å². The quantitative estimate of drug-likeness (QED) is 0.544. The summed E-state index contributed by atoms with van der Waals surface area (Å²) in [5, 5.41) is 11.8. The number of nitrogens with one attached hydrogen (secondary N) is 1. The molecular formula is C9H10N2O2. The molecule has 4 nitrogen and oxygen atoms in total. The van der Waals surface area contributed by atoms with Crippen molar-refractivity contribution in [2.45, 2.75) is 6.92 Å². The zero-order valence-corrected chi connectivity index (χ0v) is 7.19. The third kappa shape index (κ3) is 3.37. The average molecular weight is 178 g/mol. The van der Waals surface area contributed by atoms with Gasteiger partial charge in [-0.05, 0) is 24.6 Å². The maximum Gasteiger partial charge on any atom is 0.348 e. The van der Waals surface area contributed by atoms with E-state index in [1.54, 1.807) is 0 Å². The first-order valence-corrected chi connectivity index (χ1v) is 3.77. The fourth-order valence-electron chi connectivity index (χ4n) is 0.877. The van der Waals surface area contributed by atoms with Gasteiger partial charge in [0.15, 0.2) is 0 Å². The summed E-state index contributed by atoms with van der Waals surface area (Å²) < 4.78 is 0. The van der Waals surface area contributed by atoms with E-state index >= 15 is 0 Å². The van der Waals surface area contributed by atoms with E-state index in [2.05, 4.69) is 10.5 Å². The summed E-state index contributed by atoms with van der Waals surface area (Å²) in [4.78, 5) is 10.1. The maximum absolute atomic E-state index is 10.1. The number of hydrazone groups is 1. The summed E-state index contributed by atoms with van der Waals surface area (Å²) in [7, 11) is 0. The number of carboxylic acid groups (broad SMARTS) is 1. The highest BCUT2D eigenvalue weighted by Crippen LogP contribution is 2.08. The van der Waals surface area contributed by atoms with Gasteiger partial charge in [0.2, 0.25) is 0 Å². The monoisotopic (exact) mass is 178 g/mol. The lowest BCUT2D eigenvalue weighted by atomic mass is 10.2. The topological polar surface area (TPSA) is 61.7 Å². The summed E-state index contributed by atoms with van der Waals surface area (Å²) in [6, 6.07) is 7.51. The molecule has 2 N–H and O–H groups in total. The van der Waals surface area contributed by atoms with Crippen molar-refractivity contribution in [2.75, 3.05) is 5.43 Å². The predicted molar refractivity (Wildman–Crippen MR) is 50.9 cm³/mol. The Labute approximate surface area is 75.9 Å². The number of carboxylic acids is 1. The second-order valence-electron chi connectivity index (χ2n) is 2.58. The summed E-state index contributed by atoms with van der Waals surface area (Å²) in [6.45, 7) is 1.95. The Morgan fingerprint density at radius 2 is 2.38 bits per heavy atom. The van der Waals surface area contributed by atoms with Gasteiger partial charge in [-0.2, -0.15) is 5.10 Å². The van der Waals surface area contributed by atoms with Crippen LogP contribution in [0.1, 0.15) is 5.56 Å². The van der Waals surface area contributed by atoms with Gasteiger partial charge < -0.3 is 5.11 Å². The van der Waals surface area contributed by atoms with Gasteiger partial charge in [-0.15, -0.1) is 0 Å². The standard InChI is InChI=1S/C9H10N2O2/c1-7-3-2-4-8(5-7)11-10-6-9(12)13/h2-6,11H,1H3,(H,12,13). The second kappa shape index (κ2) is 4.25. The third-order valence-electron chi connectivity index (χ3n) is 1.39. The van der Waals surface area contributed by atoms with E-state index in [1.165, 1.54) is 0 Å². The Bertz CT molecular complexity index is 334. The molecule has 0 bridgehead atoms. The molecule has 0 aliphatic heterocycles. The van der Waals surface area contributed by atoms with Gasteiger partial charge >= 0.3 is 5.97 Å². The smallest absolute Gasteiger partial charge is 0.348 e. The number of rotatable bonds is 3. The van der Waals surface area contributed by atoms with Gasteiger partial charge in [0.05, 0.1) is 5.69 Å². The minimum absolute atomic E-state index is 0.775. The van der Waals surface area contributed by atoms with E-state index in [9.17, 15) is 4.79 Å². The van der Waals surface area contributed by atoms with Crippen molar-refractivity contribution in [1.29, 1.82) is 0 Å². The molecule has 0 aliphatic rings. The van der Waals surface area contributed by atoms with Crippen LogP contribution in [0.3, 0.4) is 0 Å². The number of nitrogens with zero attached hydrogens (tertiary/aromatic N) is 1. The molecule has 1 aromatic carbocycles. The van der Waals surface area contributed by atoms with Crippen molar-refractivity contribution in [2.24, 2.45) is 5.10 Å². The van der Waals surface area contributed by atoms with E-state index in [-0.39, 0.29) is 0 Å². The lowest BCUT2D eigenvalue weighted by Crippen LogP contribution is -1.98. The molecule has 0 saturated heterocycles. The summed E-state index contributed by atoms with van der Waals surface area (Å²) in [5.41, 5.74) is 4.47. The summed E-state index contributed by atoms with van der Waals surface area (Å²) in [6.07, 6.45) is 0.808. The van der Waals surface area contributed by atoms with Crippen LogP contribution in [-0.4, -0.2) is 17.3 Å². The third-order valence-corrected chi connectivity index (χ3v) is 1.39. The van der Waals surface area contributed by atoms with Crippen LogP contribution in [-0.2, 0) is 4.79 Å². The highest BCUT2D eigenvalue weighted by atomic mass is 16.4. The van der Waals surface area contributed by atoms with Crippen LogP contribution in [0, 0.1) is 6.92 Å². The first-order chi connectivity index (χ1) is 6.18. The molecule has 0 fully saturated rings. The fourth-order valence-corrected chi connectivity index (χ4v) is 0.877. The number of benzene rings is 1. The zero-order valence-electron chi connectivity index (χ0n) is 7.19. The first kappa shape index (κ1) is 9.25. The second-order valence-corrected chi connectivity index (χ2v) is 2.58. The molecule has 0 saturated carbocycles. The van der Waals surface area contributed by atoms with Gasteiger partial charge in [0, 0.05) is 0 Å². The molecule has 0 unspecified atom stereocenters. The molecule has 0 heterocycles. The Morgan fingerprint density at radius 3 is 3.00 bits per heavy atom. The predicted octanol–water partition coefficient (Wildman–Crippen LogP) is 1.48. The number of anilines is 1. The molecule has 0 aliphatic carbocycles. The minimum atomic E-state index is -1.07. The Balaban J connectivity index is 2.59. The van der Waals surface area contributed by atoms with E-state index in [0.717, 1.165) is 17.5 Å². The highest BCUT2D eigenvalue weighted by molar-refractivity contribution is 6.22. The lowest BCUT2D eigenvalue weighted by Gasteiger charge is -1.99. The fraction of sp³-hybridized carbons (Fsp3) is 0.111. The van der Waals surface area contributed by atoms with Crippen molar-refractivity contribution in [3.05, 3.63) is 29.8 Å². The van der Waals surface area contributed by atoms with Crippen LogP contribution >= 0.6 is 0 Å². The molecule has 0 radical (unpaired) electrons. The average Bonchev–Trinajstić information content (AvgIpc) is 2.03. The van der Waals surface area contributed by atoms with Gasteiger partial charge in [-0.3, -0.25) is 5.43 Å². The van der Waals surface area contributed by atoms with Crippen LogP contribution in [0.2, 0.25) is 0 Å². The number of aliphatic carboxylic acids is 1. The van der Waals surface area contributed by atoms with E-state index < -0.39 is 5.97 Å². The largest absolute Gasteiger partial charge is 0.477 e. The number of hydrogen-bond donors (Lipinski definition) is 2. The molecule has 0 amide bonds.